The zero-order chi connectivity index (χ0) is 23.5. The number of carbonyl (C=O) groups excluding carboxylic acids is 3. The molecule has 0 saturated carbocycles. The largest absolute Gasteiger partial charge is 0.484 e. The zero-order valence-corrected chi connectivity index (χ0v) is 19.3. The summed E-state index contributed by atoms with van der Waals surface area (Å²) in [6.07, 6.45) is 3.15. The number of carbonyl (C=O) groups is 3. The summed E-state index contributed by atoms with van der Waals surface area (Å²) in [4.78, 5) is 38.6. The summed E-state index contributed by atoms with van der Waals surface area (Å²) in [6.45, 7) is 4.00. The molecule has 0 spiro atoms. The molecule has 2 aliphatic heterocycles. The van der Waals surface area contributed by atoms with Gasteiger partial charge in [-0.2, -0.15) is 0 Å². The Kier molecular flexibility index (Phi) is 6.74. The van der Waals surface area contributed by atoms with Gasteiger partial charge in [0.25, 0.3) is 17.7 Å². The van der Waals surface area contributed by atoms with E-state index < -0.39 is 0 Å². The summed E-state index contributed by atoms with van der Waals surface area (Å²) in [6, 6.07) is 10.1. The maximum absolute atomic E-state index is 12.7. The number of benzene rings is 2. The molecule has 2 aromatic carbocycles. The Labute approximate surface area is 197 Å². The van der Waals surface area contributed by atoms with Crippen LogP contribution in [0.2, 0.25) is 5.02 Å². The van der Waals surface area contributed by atoms with Crippen molar-refractivity contribution in [2.75, 3.05) is 23.8 Å². The molecule has 2 aromatic rings. The predicted octanol–water partition coefficient (Wildman–Crippen LogP) is 4.09. The van der Waals surface area contributed by atoms with Gasteiger partial charge in [-0.25, -0.2) is 0 Å². The quantitative estimate of drug-likeness (QED) is 0.684. The van der Waals surface area contributed by atoms with Crippen molar-refractivity contribution in [3.05, 3.63) is 47.0 Å². The second-order valence-electron chi connectivity index (χ2n) is 8.36. The van der Waals surface area contributed by atoms with Crippen molar-refractivity contribution in [1.82, 2.24) is 4.90 Å². The van der Waals surface area contributed by atoms with E-state index in [1.54, 1.807) is 30.3 Å². The van der Waals surface area contributed by atoms with Crippen molar-refractivity contribution in [2.45, 2.75) is 45.2 Å². The molecule has 174 valence electrons. The lowest BCUT2D eigenvalue weighted by molar-refractivity contribution is -0.139. The fourth-order valence-electron chi connectivity index (χ4n) is 4.23. The van der Waals surface area contributed by atoms with Crippen LogP contribution in [0.3, 0.4) is 0 Å². The number of fused-ring (bicyclic) bond motifs is 1. The van der Waals surface area contributed by atoms with Crippen LogP contribution >= 0.6 is 11.6 Å². The Morgan fingerprint density at radius 3 is 2.58 bits per heavy atom. The van der Waals surface area contributed by atoms with Gasteiger partial charge in [-0.3, -0.25) is 14.4 Å². The third-order valence-corrected chi connectivity index (χ3v) is 6.22. The Hall–Kier alpha value is -3.26. The fraction of sp³-hybridized carbons (Fsp3) is 0.375. The predicted molar refractivity (Wildman–Crippen MR) is 125 cm³/mol. The first-order valence-electron chi connectivity index (χ1n) is 10.9. The topological polar surface area (TPSA) is 97.0 Å². The molecular weight excluding hydrogens is 446 g/mol. The normalized spacial score (nSPS) is 19.7. The second kappa shape index (κ2) is 9.70. The minimum absolute atomic E-state index is 0.0306. The number of amides is 3. The molecular formula is C24H26ClN3O5. The SMILES string of the molecule is CC1CCCC(C)N1C(=O)COc1ccc(C(=O)Nc2cc3c(cc2Cl)NC(=O)CO3)cc1. The number of ether oxygens (including phenoxy) is 2. The number of nitrogens with one attached hydrogen (secondary N) is 2. The van der Waals surface area contributed by atoms with E-state index in [1.807, 2.05) is 4.90 Å². The Morgan fingerprint density at radius 2 is 1.88 bits per heavy atom. The van der Waals surface area contributed by atoms with Crippen LogP contribution in [0.4, 0.5) is 11.4 Å². The lowest BCUT2D eigenvalue weighted by Gasteiger charge is -2.38. The monoisotopic (exact) mass is 471 g/mol. The summed E-state index contributed by atoms with van der Waals surface area (Å²) in [5.74, 6) is 0.278. The van der Waals surface area contributed by atoms with Gasteiger partial charge < -0.3 is 25.0 Å². The average Bonchev–Trinajstić information content (AvgIpc) is 2.78. The van der Waals surface area contributed by atoms with Crippen LogP contribution in [0.1, 0.15) is 43.5 Å². The fourth-order valence-corrected chi connectivity index (χ4v) is 4.44. The zero-order valence-electron chi connectivity index (χ0n) is 18.5. The van der Waals surface area contributed by atoms with Crippen molar-refractivity contribution >= 4 is 40.7 Å². The maximum Gasteiger partial charge on any atom is 0.262 e. The first kappa shape index (κ1) is 22.9. The van der Waals surface area contributed by atoms with Crippen LogP contribution < -0.4 is 20.1 Å². The first-order chi connectivity index (χ1) is 15.8. The smallest absolute Gasteiger partial charge is 0.262 e. The molecule has 0 radical (unpaired) electrons. The minimum Gasteiger partial charge on any atom is -0.484 e. The highest BCUT2D eigenvalue weighted by molar-refractivity contribution is 6.34. The van der Waals surface area contributed by atoms with Crippen molar-refractivity contribution in [3.63, 3.8) is 0 Å². The van der Waals surface area contributed by atoms with Gasteiger partial charge in [0.2, 0.25) is 0 Å². The van der Waals surface area contributed by atoms with Gasteiger partial charge in [0.05, 0.1) is 16.4 Å². The van der Waals surface area contributed by atoms with Crippen LogP contribution in [0.15, 0.2) is 36.4 Å². The molecule has 2 aliphatic rings. The van der Waals surface area contributed by atoms with E-state index >= 15 is 0 Å². The summed E-state index contributed by atoms with van der Waals surface area (Å²) in [5, 5.41) is 5.68. The number of hydrogen-bond acceptors (Lipinski definition) is 5. The van der Waals surface area contributed by atoms with Crippen molar-refractivity contribution in [3.8, 4) is 11.5 Å². The molecule has 2 heterocycles. The molecule has 0 aromatic heterocycles. The van der Waals surface area contributed by atoms with Crippen LogP contribution in [0.5, 0.6) is 11.5 Å². The van der Waals surface area contributed by atoms with E-state index in [0.29, 0.717) is 28.4 Å². The number of halogens is 1. The van der Waals surface area contributed by atoms with Gasteiger partial charge in [-0.1, -0.05) is 11.6 Å². The number of nitrogens with zero attached hydrogens (tertiary/aromatic N) is 1. The van der Waals surface area contributed by atoms with E-state index in [-0.39, 0.29) is 48.0 Å². The molecule has 9 heteroatoms. The first-order valence-corrected chi connectivity index (χ1v) is 11.3. The van der Waals surface area contributed by atoms with Crippen LogP contribution in [-0.2, 0) is 9.59 Å². The van der Waals surface area contributed by atoms with Gasteiger partial charge in [0.1, 0.15) is 11.5 Å². The molecule has 3 amide bonds. The van der Waals surface area contributed by atoms with Crippen molar-refractivity contribution in [1.29, 1.82) is 0 Å². The highest BCUT2D eigenvalue weighted by Crippen LogP contribution is 2.36. The summed E-state index contributed by atoms with van der Waals surface area (Å²) < 4.78 is 11.0. The van der Waals surface area contributed by atoms with E-state index in [1.165, 1.54) is 6.07 Å². The molecule has 33 heavy (non-hydrogen) atoms. The Balaban J connectivity index is 1.36. The average molecular weight is 472 g/mol. The Morgan fingerprint density at radius 1 is 1.18 bits per heavy atom. The molecule has 1 fully saturated rings. The minimum atomic E-state index is -0.365. The van der Waals surface area contributed by atoms with Gasteiger partial charge in [-0.15, -0.1) is 0 Å². The number of likely N-dealkylation sites (tertiary alicyclic amines) is 1. The lowest BCUT2D eigenvalue weighted by Crippen LogP contribution is -2.49. The lowest BCUT2D eigenvalue weighted by atomic mass is 9.97. The molecule has 2 unspecified atom stereocenters. The van der Waals surface area contributed by atoms with E-state index in [9.17, 15) is 14.4 Å². The van der Waals surface area contributed by atoms with Gasteiger partial charge >= 0.3 is 0 Å². The van der Waals surface area contributed by atoms with Crippen molar-refractivity contribution in [2.24, 2.45) is 0 Å². The van der Waals surface area contributed by atoms with Crippen LogP contribution in [-0.4, -0.2) is 47.9 Å². The van der Waals surface area contributed by atoms with Gasteiger partial charge in [0.15, 0.2) is 13.2 Å². The molecule has 0 bridgehead atoms. The van der Waals surface area contributed by atoms with Gasteiger partial charge in [0, 0.05) is 23.7 Å². The van der Waals surface area contributed by atoms with Crippen molar-refractivity contribution < 1.29 is 23.9 Å². The van der Waals surface area contributed by atoms with Gasteiger partial charge in [-0.05, 0) is 63.4 Å². The standard InChI is InChI=1S/C24H26ClN3O5/c1-14-4-3-5-15(2)28(14)23(30)13-32-17-8-6-16(7-9-17)24(31)27-19-11-21-20(10-18(19)25)26-22(29)12-33-21/h6-11,14-15H,3-5,12-13H2,1-2H3,(H,26,29)(H,27,31). The molecule has 2 N–H and O–H groups in total. The molecule has 4 rings (SSSR count). The third-order valence-electron chi connectivity index (χ3n) is 5.91. The van der Waals surface area contributed by atoms with Crippen LogP contribution in [0.25, 0.3) is 0 Å². The van der Waals surface area contributed by atoms with Crippen LogP contribution in [0, 0.1) is 0 Å². The number of anilines is 2. The van der Waals surface area contributed by atoms with E-state index in [4.69, 9.17) is 21.1 Å². The summed E-state index contributed by atoms with van der Waals surface area (Å²) >= 11 is 6.24. The van der Waals surface area contributed by atoms with E-state index in [0.717, 1.165) is 19.3 Å². The number of piperidine rings is 1. The summed E-state index contributed by atoms with van der Waals surface area (Å²) in [7, 11) is 0. The highest BCUT2D eigenvalue weighted by atomic mass is 35.5. The number of hydrogen-bond donors (Lipinski definition) is 2. The molecule has 1 saturated heterocycles. The molecule has 2 atom stereocenters. The van der Waals surface area contributed by atoms with E-state index in [2.05, 4.69) is 24.5 Å². The maximum atomic E-state index is 12.7. The Bertz CT molecular complexity index is 1060. The third kappa shape index (κ3) is 5.22. The summed E-state index contributed by atoms with van der Waals surface area (Å²) in [5.41, 5.74) is 1.22. The number of rotatable bonds is 5. The molecule has 8 nitrogen and oxygen atoms in total. The second-order valence-corrected chi connectivity index (χ2v) is 8.77. The molecule has 0 aliphatic carbocycles. The highest BCUT2D eigenvalue weighted by Gasteiger charge is 2.29.